The van der Waals surface area contributed by atoms with Crippen LogP contribution in [0.4, 0.5) is 10.5 Å². The van der Waals surface area contributed by atoms with Crippen LogP contribution in [0.3, 0.4) is 0 Å². The Balaban J connectivity index is 1.39. The molecular formula is C21H23N3O3. The number of nitrogens with zero attached hydrogens (tertiary/aromatic N) is 1. The van der Waals surface area contributed by atoms with E-state index in [2.05, 4.69) is 29.0 Å². The van der Waals surface area contributed by atoms with Gasteiger partial charge in [0.1, 0.15) is 11.4 Å². The molecule has 2 aliphatic rings. The van der Waals surface area contributed by atoms with Crippen molar-refractivity contribution in [2.24, 2.45) is 0 Å². The molecule has 0 radical (unpaired) electrons. The number of urea groups is 1. The number of amides is 2. The summed E-state index contributed by atoms with van der Waals surface area (Å²) in [6, 6.07) is 17.4. The zero-order valence-corrected chi connectivity index (χ0v) is 15.3. The molecule has 1 spiro atoms. The Hall–Kier alpha value is -2.99. The Morgan fingerprint density at radius 1 is 1.11 bits per heavy atom. The molecule has 0 saturated carbocycles. The Morgan fingerprint density at radius 3 is 2.56 bits per heavy atom. The molecule has 2 N–H and O–H groups in total. The summed E-state index contributed by atoms with van der Waals surface area (Å²) < 4.78 is 5.29. The van der Waals surface area contributed by atoms with Gasteiger partial charge in [-0.1, -0.05) is 42.5 Å². The lowest BCUT2D eigenvalue weighted by Crippen LogP contribution is -2.48. The lowest BCUT2D eigenvalue weighted by Gasteiger charge is -2.36. The third kappa shape index (κ3) is 3.61. The monoisotopic (exact) mass is 365 g/mol. The summed E-state index contributed by atoms with van der Waals surface area (Å²) in [5.74, 6) is 0.651. The number of carbonyl (C=O) groups is 1. The van der Waals surface area contributed by atoms with Crippen molar-refractivity contribution in [3.8, 4) is 5.75 Å². The molecule has 0 bridgehead atoms. The molecule has 4 rings (SSSR count). The van der Waals surface area contributed by atoms with Crippen molar-refractivity contribution in [3.63, 3.8) is 0 Å². The fourth-order valence-electron chi connectivity index (χ4n) is 3.52. The first-order valence-corrected chi connectivity index (χ1v) is 9.10. The summed E-state index contributed by atoms with van der Waals surface area (Å²) in [7, 11) is 1.59. The topological polar surface area (TPSA) is 62.8 Å². The Morgan fingerprint density at radius 2 is 1.81 bits per heavy atom. The van der Waals surface area contributed by atoms with Gasteiger partial charge in [-0.2, -0.15) is 0 Å². The van der Waals surface area contributed by atoms with Crippen LogP contribution >= 0.6 is 0 Å². The van der Waals surface area contributed by atoms with Crippen LogP contribution in [0.2, 0.25) is 0 Å². The second kappa shape index (κ2) is 7.32. The minimum absolute atomic E-state index is 0.118. The number of benzene rings is 2. The van der Waals surface area contributed by atoms with E-state index in [4.69, 9.17) is 9.57 Å². The third-order valence-electron chi connectivity index (χ3n) is 5.10. The molecule has 1 fully saturated rings. The SMILES string of the molecule is COc1ccccc1NC(=O)N1CCC2(C=C(c3ccccc3)NO2)CC1. The van der Waals surface area contributed by atoms with Gasteiger partial charge < -0.3 is 15.0 Å². The number of para-hydroxylation sites is 2. The van der Waals surface area contributed by atoms with Crippen LogP contribution in [0.15, 0.2) is 60.7 Å². The molecule has 0 aliphatic carbocycles. The predicted octanol–water partition coefficient (Wildman–Crippen LogP) is 3.64. The predicted molar refractivity (Wildman–Crippen MR) is 104 cm³/mol. The van der Waals surface area contributed by atoms with Crippen molar-refractivity contribution in [2.75, 3.05) is 25.5 Å². The molecule has 0 unspecified atom stereocenters. The van der Waals surface area contributed by atoms with E-state index in [0.717, 1.165) is 24.1 Å². The number of nitrogens with one attached hydrogen (secondary N) is 2. The molecule has 0 atom stereocenters. The van der Waals surface area contributed by atoms with Crippen LogP contribution < -0.4 is 15.5 Å². The molecule has 2 aromatic carbocycles. The van der Waals surface area contributed by atoms with Crippen LogP contribution in [0, 0.1) is 0 Å². The third-order valence-corrected chi connectivity index (χ3v) is 5.10. The molecule has 140 valence electrons. The number of hydroxylamine groups is 1. The normalized spacial score (nSPS) is 18.0. The second-order valence-electron chi connectivity index (χ2n) is 6.81. The standard InChI is InChI=1S/C21H23N3O3/c1-26-19-10-6-5-9-17(19)22-20(25)24-13-11-21(12-14-24)15-18(23-27-21)16-7-3-2-4-8-16/h2-10,15,23H,11-14H2,1H3,(H,22,25). The largest absolute Gasteiger partial charge is 0.495 e. The molecule has 6 heteroatoms. The first-order valence-electron chi connectivity index (χ1n) is 9.10. The maximum absolute atomic E-state index is 12.6. The average Bonchev–Trinajstić information content (AvgIpc) is 3.13. The van der Waals surface area contributed by atoms with Crippen molar-refractivity contribution < 1.29 is 14.4 Å². The van der Waals surface area contributed by atoms with E-state index in [9.17, 15) is 4.79 Å². The first kappa shape index (κ1) is 17.4. The number of rotatable bonds is 3. The van der Waals surface area contributed by atoms with Crippen LogP contribution in [0.25, 0.3) is 5.70 Å². The van der Waals surface area contributed by atoms with Crippen LogP contribution in [0.5, 0.6) is 5.75 Å². The van der Waals surface area contributed by atoms with Crippen molar-refractivity contribution in [3.05, 3.63) is 66.2 Å². The molecule has 6 nitrogen and oxygen atoms in total. The van der Waals surface area contributed by atoms with Crippen LogP contribution in [0.1, 0.15) is 18.4 Å². The molecule has 2 aliphatic heterocycles. The summed E-state index contributed by atoms with van der Waals surface area (Å²) >= 11 is 0. The highest BCUT2D eigenvalue weighted by Crippen LogP contribution is 2.35. The number of likely N-dealkylation sites (tertiary alicyclic amines) is 1. The highest BCUT2D eigenvalue weighted by atomic mass is 16.7. The lowest BCUT2D eigenvalue weighted by atomic mass is 9.90. The number of anilines is 1. The maximum atomic E-state index is 12.6. The van der Waals surface area contributed by atoms with Gasteiger partial charge in [-0.05, 0) is 23.8 Å². The fourth-order valence-corrected chi connectivity index (χ4v) is 3.52. The van der Waals surface area contributed by atoms with Gasteiger partial charge in [0.05, 0.1) is 18.5 Å². The second-order valence-corrected chi connectivity index (χ2v) is 6.81. The van der Waals surface area contributed by atoms with Gasteiger partial charge in [0.2, 0.25) is 0 Å². The smallest absolute Gasteiger partial charge is 0.321 e. The van der Waals surface area contributed by atoms with Crippen molar-refractivity contribution in [2.45, 2.75) is 18.4 Å². The summed E-state index contributed by atoms with van der Waals surface area (Å²) in [5.41, 5.74) is 5.47. The number of ether oxygens (including phenoxy) is 1. The van der Waals surface area contributed by atoms with Gasteiger partial charge >= 0.3 is 6.03 Å². The van der Waals surface area contributed by atoms with E-state index in [1.165, 1.54) is 0 Å². The minimum Gasteiger partial charge on any atom is -0.495 e. The van der Waals surface area contributed by atoms with E-state index in [1.807, 2.05) is 47.4 Å². The molecule has 2 amide bonds. The van der Waals surface area contributed by atoms with E-state index in [0.29, 0.717) is 24.5 Å². The van der Waals surface area contributed by atoms with Gasteiger partial charge in [0.15, 0.2) is 0 Å². The summed E-state index contributed by atoms with van der Waals surface area (Å²) in [6.07, 6.45) is 3.64. The van der Waals surface area contributed by atoms with E-state index in [-0.39, 0.29) is 11.6 Å². The van der Waals surface area contributed by atoms with Gasteiger partial charge in [0.25, 0.3) is 0 Å². The van der Waals surface area contributed by atoms with Crippen molar-refractivity contribution in [1.29, 1.82) is 0 Å². The molecule has 1 saturated heterocycles. The highest BCUT2D eigenvalue weighted by molar-refractivity contribution is 5.91. The Kier molecular flexibility index (Phi) is 4.73. The Bertz CT molecular complexity index is 843. The van der Waals surface area contributed by atoms with E-state index in [1.54, 1.807) is 7.11 Å². The molecule has 2 heterocycles. The van der Waals surface area contributed by atoms with E-state index >= 15 is 0 Å². The summed E-state index contributed by atoms with van der Waals surface area (Å²) in [5, 5.41) is 2.93. The lowest BCUT2D eigenvalue weighted by molar-refractivity contribution is -0.0634. The zero-order valence-electron chi connectivity index (χ0n) is 15.3. The minimum atomic E-state index is -0.355. The van der Waals surface area contributed by atoms with Gasteiger partial charge in [-0.3, -0.25) is 10.3 Å². The Labute approximate surface area is 158 Å². The number of carbonyl (C=O) groups excluding carboxylic acids is 1. The van der Waals surface area contributed by atoms with Crippen molar-refractivity contribution >= 4 is 17.4 Å². The molecule has 0 aromatic heterocycles. The number of hydrogen-bond acceptors (Lipinski definition) is 4. The fraction of sp³-hybridized carbons (Fsp3) is 0.286. The van der Waals surface area contributed by atoms with E-state index < -0.39 is 0 Å². The van der Waals surface area contributed by atoms with Crippen LogP contribution in [-0.4, -0.2) is 36.7 Å². The number of methoxy groups -OCH3 is 1. The van der Waals surface area contributed by atoms with Gasteiger partial charge in [-0.25, -0.2) is 4.79 Å². The first-order chi connectivity index (χ1) is 13.2. The molecular weight excluding hydrogens is 342 g/mol. The molecule has 2 aromatic rings. The number of hydrogen-bond donors (Lipinski definition) is 2. The van der Waals surface area contributed by atoms with Gasteiger partial charge in [0, 0.05) is 25.9 Å². The summed E-state index contributed by atoms with van der Waals surface area (Å²) in [4.78, 5) is 20.3. The van der Waals surface area contributed by atoms with Gasteiger partial charge in [-0.15, -0.1) is 0 Å². The zero-order chi connectivity index (χ0) is 18.7. The highest BCUT2D eigenvalue weighted by Gasteiger charge is 2.39. The maximum Gasteiger partial charge on any atom is 0.321 e. The van der Waals surface area contributed by atoms with Crippen LogP contribution in [-0.2, 0) is 4.84 Å². The summed E-state index contributed by atoms with van der Waals surface area (Å²) in [6.45, 7) is 1.25. The molecule has 27 heavy (non-hydrogen) atoms. The van der Waals surface area contributed by atoms with Crippen molar-refractivity contribution in [1.82, 2.24) is 10.4 Å². The number of piperidine rings is 1. The quantitative estimate of drug-likeness (QED) is 0.872. The average molecular weight is 365 g/mol.